The predicted octanol–water partition coefficient (Wildman–Crippen LogP) is 4.38. The average Bonchev–Trinajstić information content (AvgIpc) is 2.44. The zero-order valence-electron chi connectivity index (χ0n) is 10.9. The number of nitrogens with one attached hydrogen (secondary N) is 1. The maximum Gasteiger partial charge on any atom is 0.253 e. The van der Waals surface area contributed by atoms with E-state index in [0.29, 0.717) is 10.6 Å². The first kappa shape index (κ1) is 15.0. The van der Waals surface area contributed by atoms with Crippen LogP contribution in [-0.4, -0.2) is 10.9 Å². The average molecular weight is 354 g/mol. The number of nitrogens with zero attached hydrogens (tertiary/aromatic N) is 1. The number of carbonyl (C=O) groups is 1. The third-order valence-electron chi connectivity index (χ3n) is 2.93. The van der Waals surface area contributed by atoms with Gasteiger partial charge in [-0.3, -0.25) is 9.78 Å². The Balaban J connectivity index is 2.16. The largest absolute Gasteiger partial charge is 0.345 e. The number of rotatable bonds is 4. The lowest BCUT2D eigenvalue weighted by atomic mass is 10.0. The standard InChI is InChI=1S/C15H14BrClN2O/c1-2-14(10-4-3-5-13(17)7-10)19-15(20)11-6-12(16)9-18-8-11/h3-9,14H,2H2,1H3,(H,19,20). The van der Waals surface area contributed by atoms with Gasteiger partial charge >= 0.3 is 0 Å². The van der Waals surface area contributed by atoms with E-state index in [0.717, 1.165) is 16.5 Å². The topological polar surface area (TPSA) is 42.0 Å². The maximum atomic E-state index is 12.2. The molecule has 0 bridgehead atoms. The van der Waals surface area contributed by atoms with Gasteiger partial charge in [0, 0.05) is 21.9 Å². The van der Waals surface area contributed by atoms with E-state index in [9.17, 15) is 4.79 Å². The number of hydrogen-bond donors (Lipinski definition) is 1. The molecule has 2 rings (SSSR count). The van der Waals surface area contributed by atoms with Gasteiger partial charge in [-0.15, -0.1) is 0 Å². The van der Waals surface area contributed by atoms with Gasteiger partial charge in [0.1, 0.15) is 0 Å². The maximum absolute atomic E-state index is 12.2. The molecule has 104 valence electrons. The van der Waals surface area contributed by atoms with Gasteiger partial charge in [-0.2, -0.15) is 0 Å². The van der Waals surface area contributed by atoms with Crippen LogP contribution in [0.5, 0.6) is 0 Å². The van der Waals surface area contributed by atoms with Crippen molar-refractivity contribution >= 4 is 33.4 Å². The summed E-state index contributed by atoms with van der Waals surface area (Å²) in [5, 5.41) is 3.66. The van der Waals surface area contributed by atoms with Crippen LogP contribution in [0.1, 0.15) is 35.3 Å². The molecule has 0 fully saturated rings. The van der Waals surface area contributed by atoms with Crippen LogP contribution < -0.4 is 5.32 Å². The second kappa shape index (κ2) is 6.86. The fourth-order valence-corrected chi connectivity index (χ4v) is 2.49. The molecule has 1 atom stereocenters. The molecule has 0 saturated heterocycles. The van der Waals surface area contributed by atoms with E-state index in [1.54, 1.807) is 18.5 Å². The Bertz CT molecular complexity index is 618. The Hall–Kier alpha value is -1.39. The van der Waals surface area contributed by atoms with Crippen LogP contribution >= 0.6 is 27.5 Å². The molecule has 0 spiro atoms. The van der Waals surface area contributed by atoms with E-state index in [-0.39, 0.29) is 11.9 Å². The second-order valence-corrected chi connectivity index (χ2v) is 5.73. The normalized spacial score (nSPS) is 11.9. The van der Waals surface area contributed by atoms with Gasteiger partial charge in [0.15, 0.2) is 0 Å². The highest BCUT2D eigenvalue weighted by Gasteiger charge is 2.14. The van der Waals surface area contributed by atoms with Crippen molar-refractivity contribution in [3.63, 3.8) is 0 Å². The zero-order chi connectivity index (χ0) is 14.5. The minimum absolute atomic E-state index is 0.0693. The summed E-state index contributed by atoms with van der Waals surface area (Å²) >= 11 is 9.30. The summed E-state index contributed by atoms with van der Waals surface area (Å²) in [6, 6.07) is 9.20. The molecule has 0 aliphatic carbocycles. The number of benzene rings is 1. The summed E-state index contributed by atoms with van der Waals surface area (Å²) in [5.74, 6) is -0.148. The number of amides is 1. The van der Waals surface area contributed by atoms with Crippen LogP contribution in [-0.2, 0) is 0 Å². The molecule has 1 aromatic heterocycles. The highest BCUT2D eigenvalue weighted by atomic mass is 79.9. The first-order chi connectivity index (χ1) is 9.60. The molecule has 1 N–H and O–H groups in total. The molecule has 0 aliphatic rings. The number of hydrogen-bond acceptors (Lipinski definition) is 2. The molecule has 1 amide bonds. The van der Waals surface area contributed by atoms with Crippen molar-refractivity contribution in [3.05, 3.63) is 63.3 Å². The van der Waals surface area contributed by atoms with Gasteiger partial charge in [-0.05, 0) is 46.1 Å². The molecular formula is C15H14BrClN2O. The van der Waals surface area contributed by atoms with Gasteiger partial charge in [0.05, 0.1) is 11.6 Å². The minimum atomic E-state index is -0.148. The molecule has 0 radical (unpaired) electrons. The Morgan fingerprint density at radius 2 is 2.20 bits per heavy atom. The summed E-state index contributed by atoms with van der Waals surface area (Å²) in [6.07, 6.45) is 3.98. The summed E-state index contributed by atoms with van der Waals surface area (Å²) in [4.78, 5) is 16.2. The van der Waals surface area contributed by atoms with Crippen LogP contribution in [0.15, 0.2) is 47.2 Å². The monoisotopic (exact) mass is 352 g/mol. The van der Waals surface area contributed by atoms with Crippen LogP contribution in [0.4, 0.5) is 0 Å². The Morgan fingerprint density at radius 3 is 2.85 bits per heavy atom. The zero-order valence-corrected chi connectivity index (χ0v) is 13.3. The summed E-state index contributed by atoms with van der Waals surface area (Å²) in [6.45, 7) is 2.02. The van der Waals surface area contributed by atoms with Crippen molar-refractivity contribution < 1.29 is 4.79 Å². The number of halogens is 2. The van der Waals surface area contributed by atoms with Crippen LogP contribution in [0.3, 0.4) is 0 Å². The molecule has 1 unspecified atom stereocenters. The lowest BCUT2D eigenvalue weighted by Crippen LogP contribution is -2.28. The fourth-order valence-electron chi connectivity index (χ4n) is 1.92. The summed E-state index contributed by atoms with van der Waals surface area (Å²) < 4.78 is 0.779. The lowest BCUT2D eigenvalue weighted by Gasteiger charge is -2.17. The highest BCUT2D eigenvalue weighted by molar-refractivity contribution is 9.10. The molecule has 0 aliphatic heterocycles. The quantitative estimate of drug-likeness (QED) is 0.886. The number of aromatic nitrogens is 1. The molecule has 1 heterocycles. The Kier molecular flexibility index (Phi) is 5.15. The molecule has 2 aromatic rings. The van der Waals surface area contributed by atoms with Gasteiger partial charge < -0.3 is 5.32 Å². The van der Waals surface area contributed by atoms with E-state index in [4.69, 9.17) is 11.6 Å². The van der Waals surface area contributed by atoms with E-state index < -0.39 is 0 Å². The second-order valence-electron chi connectivity index (χ2n) is 4.38. The van der Waals surface area contributed by atoms with Crippen molar-refractivity contribution in [2.75, 3.05) is 0 Å². The van der Waals surface area contributed by atoms with Gasteiger partial charge in [-0.1, -0.05) is 30.7 Å². The Labute approximate surface area is 131 Å². The van der Waals surface area contributed by atoms with Crippen molar-refractivity contribution in [1.82, 2.24) is 10.3 Å². The van der Waals surface area contributed by atoms with Gasteiger partial charge in [0.2, 0.25) is 0 Å². The first-order valence-corrected chi connectivity index (χ1v) is 7.44. The van der Waals surface area contributed by atoms with Gasteiger partial charge in [-0.25, -0.2) is 0 Å². The molecule has 5 heteroatoms. The molecule has 20 heavy (non-hydrogen) atoms. The van der Waals surface area contributed by atoms with E-state index in [1.165, 1.54) is 0 Å². The van der Waals surface area contributed by atoms with E-state index in [2.05, 4.69) is 26.2 Å². The van der Waals surface area contributed by atoms with E-state index in [1.807, 2.05) is 31.2 Å². The molecule has 1 aromatic carbocycles. The molecule has 3 nitrogen and oxygen atoms in total. The third kappa shape index (κ3) is 3.81. The highest BCUT2D eigenvalue weighted by Crippen LogP contribution is 2.21. The number of pyridine rings is 1. The fraction of sp³-hybridized carbons (Fsp3) is 0.200. The third-order valence-corrected chi connectivity index (χ3v) is 3.60. The smallest absolute Gasteiger partial charge is 0.253 e. The number of carbonyl (C=O) groups excluding carboxylic acids is 1. The molecular weight excluding hydrogens is 340 g/mol. The SMILES string of the molecule is CCC(NC(=O)c1cncc(Br)c1)c1cccc(Cl)c1. The van der Waals surface area contributed by atoms with E-state index >= 15 is 0 Å². The summed E-state index contributed by atoms with van der Waals surface area (Å²) in [7, 11) is 0. The van der Waals surface area contributed by atoms with Crippen molar-refractivity contribution in [2.45, 2.75) is 19.4 Å². The predicted molar refractivity (Wildman–Crippen MR) is 83.9 cm³/mol. The van der Waals surface area contributed by atoms with Crippen LogP contribution in [0.25, 0.3) is 0 Å². The van der Waals surface area contributed by atoms with Crippen LogP contribution in [0, 0.1) is 0 Å². The lowest BCUT2D eigenvalue weighted by molar-refractivity contribution is 0.0935. The van der Waals surface area contributed by atoms with Crippen molar-refractivity contribution in [3.8, 4) is 0 Å². The van der Waals surface area contributed by atoms with Crippen molar-refractivity contribution in [1.29, 1.82) is 0 Å². The van der Waals surface area contributed by atoms with Crippen molar-refractivity contribution in [2.24, 2.45) is 0 Å². The Morgan fingerprint density at radius 1 is 1.40 bits per heavy atom. The first-order valence-electron chi connectivity index (χ1n) is 6.27. The molecule has 0 saturated carbocycles. The van der Waals surface area contributed by atoms with Crippen LogP contribution in [0.2, 0.25) is 5.02 Å². The minimum Gasteiger partial charge on any atom is -0.345 e. The van der Waals surface area contributed by atoms with Gasteiger partial charge in [0.25, 0.3) is 5.91 Å². The summed E-state index contributed by atoms with van der Waals surface area (Å²) in [5.41, 5.74) is 1.52.